The molecule has 2 atom stereocenters. The van der Waals surface area contributed by atoms with Crippen molar-refractivity contribution in [3.8, 4) is 22.9 Å². The molecule has 1 fully saturated rings. The summed E-state index contributed by atoms with van der Waals surface area (Å²) in [7, 11) is 1.56. The molecule has 1 aliphatic heterocycles. The van der Waals surface area contributed by atoms with Gasteiger partial charge in [-0.2, -0.15) is 10.4 Å². The molecule has 3 N–H and O–H groups in total. The van der Waals surface area contributed by atoms with Gasteiger partial charge >= 0.3 is 6.09 Å². The Morgan fingerprint density at radius 3 is 2.87 bits per heavy atom. The minimum absolute atomic E-state index is 0.280. The summed E-state index contributed by atoms with van der Waals surface area (Å²) in [5, 5.41) is 35.1. The molecule has 0 spiro atoms. The van der Waals surface area contributed by atoms with E-state index in [1.807, 2.05) is 23.1 Å². The van der Waals surface area contributed by atoms with Crippen molar-refractivity contribution >= 4 is 17.4 Å². The number of nitrogens with zero attached hydrogens (tertiary/aromatic N) is 5. The molecule has 0 aromatic carbocycles. The van der Waals surface area contributed by atoms with E-state index in [4.69, 9.17) is 9.84 Å². The summed E-state index contributed by atoms with van der Waals surface area (Å²) >= 11 is 0. The number of carbonyl (C=O) groups is 1. The number of rotatable bonds is 4. The summed E-state index contributed by atoms with van der Waals surface area (Å²) in [6.45, 7) is 0.848. The van der Waals surface area contributed by atoms with Crippen LogP contribution in [-0.4, -0.2) is 63.2 Å². The fourth-order valence-electron chi connectivity index (χ4n) is 3.71. The zero-order valence-corrected chi connectivity index (χ0v) is 16.2. The minimum Gasteiger partial charge on any atom is -0.495 e. The van der Waals surface area contributed by atoms with Gasteiger partial charge in [0.1, 0.15) is 17.6 Å². The lowest BCUT2D eigenvalue weighted by atomic mass is 10.0. The standard InChI is InChI=1S/C20H20N6O4/c1-30-14-6-15(19-13(7-21)9-23-26(19)10-14)12-2-3-18(22-8-12)25-5-4-16(17(27)11-25)24-20(28)29/h2-3,6,8-10,16-17,24,27H,4-5,11H2,1H3,(H,28,29)/t16-,17-/m0/s1. The average molecular weight is 408 g/mol. The van der Waals surface area contributed by atoms with E-state index in [0.717, 1.165) is 11.1 Å². The predicted molar refractivity (Wildman–Crippen MR) is 107 cm³/mol. The maximum atomic E-state index is 10.8. The number of nitriles is 1. The molecule has 4 rings (SSSR count). The monoisotopic (exact) mass is 408 g/mol. The van der Waals surface area contributed by atoms with Crippen molar-refractivity contribution in [3.05, 3.63) is 42.4 Å². The van der Waals surface area contributed by atoms with Crippen LogP contribution in [0, 0.1) is 11.3 Å². The van der Waals surface area contributed by atoms with Crippen molar-refractivity contribution in [2.45, 2.75) is 18.6 Å². The zero-order chi connectivity index (χ0) is 21.3. The minimum atomic E-state index is -1.14. The van der Waals surface area contributed by atoms with Crippen molar-refractivity contribution in [1.29, 1.82) is 5.26 Å². The van der Waals surface area contributed by atoms with Crippen molar-refractivity contribution in [1.82, 2.24) is 19.9 Å². The maximum absolute atomic E-state index is 10.8. The first-order chi connectivity index (χ1) is 14.5. The van der Waals surface area contributed by atoms with Crippen molar-refractivity contribution < 1.29 is 19.7 Å². The van der Waals surface area contributed by atoms with Crippen LogP contribution in [0.4, 0.5) is 10.6 Å². The van der Waals surface area contributed by atoms with Gasteiger partial charge in [0.15, 0.2) is 0 Å². The van der Waals surface area contributed by atoms with Gasteiger partial charge in [0.05, 0.1) is 42.7 Å². The first-order valence-electron chi connectivity index (χ1n) is 9.34. The number of carboxylic acid groups (broad SMARTS) is 1. The third kappa shape index (κ3) is 3.58. The highest BCUT2D eigenvalue weighted by atomic mass is 16.5. The van der Waals surface area contributed by atoms with Gasteiger partial charge in [-0.3, -0.25) is 0 Å². The highest BCUT2D eigenvalue weighted by Crippen LogP contribution is 2.31. The van der Waals surface area contributed by atoms with E-state index >= 15 is 0 Å². The van der Waals surface area contributed by atoms with Crippen LogP contribution >= 0.6 is 0 Å². The number of hydrogen-bond donors (Lipinski definition) is 3. The average Bonchev–Trinajstić information content (AvgIpc) is 3.17. The molecule has 0 saturated carbocycles. The van der Waals surface area contributed by atoms with Gasteiger partial charge < -0.3 is 25.2 Å². The number of β-amino-alcohol motifs (C(OH)–C–C–N with tert-alkyl or cyclic N) is 1. The first-order valence-corrected chi connectivity index (χ1v) is 9.34. The Bertz CT molecular complexity index is 1120. The Labute approximate surface area is 171 Å². The van der Waals surface area contributed by atoms with Crippen LogP contribution in [-0.2, 0) is 0 Å². The van der Waals surface area contributed by atoms with E-state index in [2.05, 4.69) is 21.5 Å². The molecular formula is C20H20N6O4. The van der Waals surface area contributed by atoms with Crippen LogP contribution in [0.3, 0.4) is 0 Å². The van der Waals surface area contributed by atoms with Crippen molar-refractivity contribution in [2.75, 3.05) is 25.1 Å². The van der Waals surface area contributed by atoms with Crippen LogP contribution < -0.4 is 15.0 Å². The summed E-state index contributed by atoms with van der Waals surface area (Å²) in [6, 6.07) is 7.22. The van der Waals surface area contributed by atoms with E-state index in [1.165, 1.54) is 6.20 Å². The van der Waals surface area contributed by atoms with Gasteiger partial charge in [0, 0.05) is 30.4 Å². The molecule has 0 bridgehead atoms. The summed E-state index contributed by atoms with van der Waals surface area (Å²) in [4.78, 5) is 17.3. The third-order valence-corrected chi connectivity index (χ3v) is 5.22. The van der Waals surface area contributed by atoms with E-state index < -0.39 is 18.2 Å². The van der Waals surface area contributed by atoms with Gasteiger partial charge in [0.25, 0.3) is 0 Å². The molecule has 10 nitrogen and oxygen atoms in total. The quantitative estimate of drug-likeness (QED) is 0.591. The van der Waals surface area contributed by atoms with Gasteiger partial charge in [0.2, 0.25) is 0 Å². The van der Waals surface area contributed by atoms with Gasteiger partial charge in [-0.15, -0.1) is 0 Å². The molecule has 1 aliphatic rings. The third-order valence-electron chi connectivity index (χ3n) is 5.22. The summed E-state index contributed by atoms with van der Waals surface area (Å²) in [5.74, 6) is 1.28. The first kappa shape index (κ1) is 19.5. The normalized spacial score (nSPS) is 18.8. The van der Waals surface area contributed by atoms with E-state index in [9.17, 15) is 15.2 Å². The molecule has 0 radical (unpaired) electrons. The highest BCUT2D eigenvalue weighted by molar-refractivity contribution is 5.85. The fourth-order valence-corrected chi connectivity index (χ4v) is 3.71. The SMILES string of the molecule is COc1cc(-c2ccc(N3CC[C@H](NC(=O)O)[C@@H](O)C3)nc2)c2c(C#N)cnn2c1. The molecule has 3 aromatic rings. The number of aromatic nitrogens is 3. The molecule has 4 heterocycles. The molecule has 0 aliphatic carbocycles. The fraction of sp³-hybridized carbons (Fsp3) is 0.300. The van der Waals surface area contributed by atoms with E-state index in [-0.39, 0.29) is 6.54 Å². The van der Waals surface area contributed by atoms with Crippen LogP contribution in [0.5, 0.6) is 5.75 Å². The Balaban J connectivity index is 1.61. The van der Waals surface area contributed by atoms with Crippen LogP contribution in [0.1, 0.15) is 12.0 Å². The lowest BCUT2D eigenvalue weighted by Gasteiger charge is -2.36. The maximum Gasteiger partial charge on any atom is 0.404 e. The number of pyridine rings is 2. The molecular weight excluding hydrogens is 388 g/mol. The number of anilines is 1. The summed E-state index contributed by atoms with van der Waals surface area (Å²) in [5.41, 5.74) is 2.69. The van der Waals surface area contributed by atoms with Gasteiger partial charge in [-0.1, -0.05) is 0 Å². The number of methoxy groups -OCH3 is 1. The van der Waals surface area contributed by atoms with Gasteiger partial charge in [-0.05, 0) is 24.6 Å². The Kier molecular flexibility index (Phi) is 5.12. The summed E-state index contributed by atoms with van der Waals surface area (Å²) in [6.07, 6.45) is 3.44. The number of aliphatic hydroxyl groups excluding tert-OH is 1. The van der Waals surface area contributed by atoms with Crippen LogP contribution in [0.2, 0.25) is 0 Å². The Morgan fingerprint density at radius 1 is 1.40 bits per heavy atom. The predicted octanol–water partition coefficient (Wildman–Crippen LogP) is 1.48. The van der Waals surface area contributed by atoms with Crippen molar-refractivity contribution in [3.63, 3.8) is 0 Å². The number of fused-ring (bicyclic) bond motifs is 1. The number of ether oxygens (including phenoxy) is 1. The van der Waals surface area contributed by atoms with Crippen molar-refractivity contribution in [2.24, 2.45) is 0 Å². The zero-order valence-electron chi connectivity index (χ0n) is 16.2. The van der Waals surface area contributed by atoms with Gasteiger partial charge in [-0.25, -0.2) is 14.3 Å². The number of nitrogens with one attached hydrogen (secondary N) is 1. The number of aliphatic hydroxyl groups is 1. The second-order valence-electron chi connectivity index (χ2n) is 7.02. The largest absolute Gasteiger partial charge is 0.495 e. The smallest absolute Gasteiger partial charge is 0.404 e. The Hall–Kier alpha value is -3.84. The molecule has 10 heteroatoms. The molecule has 3 aromatic heterocycles. The van der Waals surface area contributed by atoms with Crippen LogP contribution in [0.15, 0.2) is 36.8 Å². The van der Waals surface area contributed by atoms with Crippen LogP contribution in [0.25, 0.3) is 16.6 Å². The topological polar surface area (TPSA) is 136 Å². The molecule has 1 saturated heterocycles. The van der Waals surface area contributed by atoms with E-state index in [0.29, 0.717) is 35.6 Å². The molecule has 30 heavy (non-hydrogen) atoms. The number of amides is 1. The molecule has 154 valence electrons. The Morgan fingerprint density at radius 2 is 2.23 bits per heavy atom. The number of piperidine rings is 1. The molecule has 1 amide bonds. The number of hydrogen-bond acceptors (Lipinski definition) is 7. The summed E-state index contributed by atoms with van der Waals surface area (Å²) < 4.78 is 6.96. The molecule has 0 unspecified atom stereocenters. The lowest BCUT2D eigenvalue weighted by Crippen LogP contribution is -2.54. The highest BCUT2D eigenvalue weighted by Gasteiger charge is 2.29. The van der Waals surface area contributed by atoms with E-state index in [1.54, 1.807) is 24.0 Å². The lowest BCUT2D eigenvalue weighted by molar-refractivity contribution is 0.108. The second kappa shape index (κ2) is 7.88. The second-order valence-corrected chi connectivity index (χ2v) is 7.02.